The van der Waals surface area contributed by atoms with Gasteiger partial charge in [-0.2, -0.15) is 0 Å². The van der Waals surface area contributed by atoms with Crippen LogP contribution in [-0.4, -0.2) is 50.1 Å². The normalized spacial score (nSPS) is 15.7. The second kappa shape index (κ2) is 9.36. The first kappa shape index (κ1) is 17.5. The van der Waals surface area contributed by atoms with Gasteiger partial charge >= 0.3 is 0 Å². The summed E-state index contributed by atoms with van der Waals surface area (Å²) in [6.45, 7) is 6.11. The van der Waals surface area contributed by atoms with Crippen LogP contribution in [0, 0.1) is 0 Å². The number of halogens is 2. The minimum absolute atomic E-state index is 0.0753. The summed E-state index contributed by atoms with van der Waals surface area (Å²) in [4.78, 5) is 14.3. The molecule has 1 fully saturated rings. The molecule has 0 aliphatic carbocycles. The van der Waals surface area contributed by atoms with Gasteiger partial charge in [0.15, 0.2) is 0 Å². The molecule has 1 aromatic rings. The van der Waals surface area contributed by atoms with Crippen LogP contribution in [0.15, 0.2) is 18.2 Å². The van der Waals surface area contributed by atoms with E-state index in [4.69, 9.17) is 23.2 Å². The summed E-state index contributed by atoms with van der Waals surface area (Å²) >= 11 is 12.0. The Labute approximate surface area is 142 Å². The van der Waals surface area contributed by atoms with Gasteiger partial charge in [0, 0.05) is 49.2 Å². The maximum atomic E-state index is 11.8. The standard InChI is InChI=1S/C16H23Cl2N3O/c17-14-4-2-13(15(18)12-14)3-5-16(22)20-6-1-9-21-10-7-19-8-11-21/h2,4,12,19H,1,3,5-11H2,(H,20,22). The van der Waals surface area contributed by atoms with Crippen molar-refractivity contribution < 1.29 is 4.79 Å². The highest BCUT2D eigenvalue weighted by Crippen LogP contribution is 2.21. The van der Waals surface area contributed by atoms with E-state index in [9.17, 15) is 4.79 Å². The maximum absolute atomic E-state index is 11.8. The zero-order valence-electron chi connectivity index (χ0n) is 12.7. The summed E-state index contributed by atoms with van der Waals surface area (Å²) < 4.78 is 0. The predicted molar refractivity (Wildman–Crippen MR) is 91.7 cm³/mol. The van der Waals surface area contributed by atoms with Gasteiger partial charge in [-0.1, -0.05) is 29.3 Å². The number of piperazine rings is 1. The van der Waals surface area contributed by atoms with E-state index in [1.54, 1.807) is 12.1 Å². The van der Waals surface area contributed by atoms with E-state index >= 15 is 0 Å². The fourth-order valence-corrected chi connectivity index (χ4v) is 3.03. The Morgan fingerprint density at radius 3 is 2.77 bits per heavy atom. The van der Waals surface area contributed by atoms with Gasteiger partial charge in [-0.05, 0) is 37.1 Å². The van der Waals surface area contributed by atoms with E-state index < -0.39 is 0 Å². The van der Waals surface area contributed by atoms with Crippen molar-refractivity contribution in [2.24, 2.45) is 0 Å². The number of hydrogen-bond acceptors (Lipinski definition) is 3. The third-order valence-electron chi connectivity index (χ3n) is 3.82. The van der Waals surface area contributed by atoms with Gasteiger partial charge in [0.1, 0.15) is 0 Å². The van der Waals surface area contributed by atoms with Gasteiger partial charge in [-0.25, -0.2) is 0 Å². The van der Waals surface area contributed by atoms with Gasteiger partial charge in [-0.3, -0.25) is 4.79 Å². The Morgan fingerprint density at radius 1 is 1.27 bits per heavy atom. The Kier molecular flexibility index (Phi) is 7.46. The van der Waals surface area contributed by atoms with Crippen LogP contribution in [0.2, 0.25) is 10.0 Å². The highest BCUT2D eigenvalue weighted by Gasteiger charge is 2.09. The number of carbonyl (C=O) groups excluding carboxylic acids is 1. The molecule has 0 spiro atoms. The van der Waals surface area contributed by atoms with E-state index in [0.717, 1.165) is 51.3 Å². The van der Waals surface area contributed by atoms with Crippen molar-refractivity contribution in [3.63, 3.8) is 0 Å². The smallest absolute Gasteiger partial charge is 0.220 e. The topological polar surface area (TPSA) is 44.4 Å². The van der Waals surface area contributed by atoms with Crippen molar-refractivity contribution >= 4 is 29.1 Å². The largest absolute Gasteiger partial charge is 0.356 e. The van der Waals surface area contributed by atoms with Crippen molar-refractivity contribution in [2.45, 2.75) is 19.3 Å². The van der Waals surface area contributed by atoms with Crippen molar-refractivity contribution in [3.8, 4) is 0 Å². The molecule has 0 saturated carbocycles. The number of amides is 1. The highest BCUT2D eigenvalue weighted by molar-refractivity contribution is 6.35. The fraction of sp³-hybridized carbons (Fsp3) is 0.562. The minimum atomic E-state index is 0.0753. The van der Waals surface area contributed by atoms with E-state index in [0.29, 0.717) is 22.9 Å². The van der Waals surface area contributed by atoms with Gasteiger partial charge in [-0.15, -0.1) is 0 Å². The van der Waals surface area contributed by atoms with Gasteiger partial charge in [0.05, 0.1) is 0 Å². The SMILES string of the molecule is O=C(CCc1ccc(Cl)cc1Cl)NCCCN1CCNCC1. The second-order valence-corrected chi connectivity index (χ2v) is 6.37. The molecule has 0 aromatic heterocycles. The Morgan fingerprint density at radius 2 is 2.05 bits per heavy atom. The molecular formula is C16H23Cl2N3O. The zero-order valence-corrected chi connectivity index (χ0v) is 14.2. The molecule has 22 heavy (non-hydrogen) atoms. The highest BCUT2D eigenvalue weighted by atomic mass is 35.5. The molecule has 1 aliphatic heterocycles. The third-order valence-corrected chi connectivity index (χ3v) is 4.41. The van der Waals surface area contributed by atoms with Crippen LogP contribution in [0.5, 0.6) is 0 Å². The molecule has 0 bridgehead atoms. The lowest BCUT2D eigenvalue weighted by molar-refractivity contribution is -0.121. The van der Waals surface area contributed by atoms with E-state index in [1.165, 1.54) is 0 Å². The Bertz CT molecular complexity index is 490. The average Bonchev–Trinajstić information content (AvgIpc) is 2.52. The van der Waals surface area contributed by atoms with Crippen molar-refractivity contribution in [2.75, 3.05) is 39.3 Å². The van der Waals surface area contributed by atoms with Crippen LogP contribution in [0.1, 0.15) is 18.4 Å². The summed E-state index contributed by atoms with van der Waals surface area (Å²) in [6.07, 6.45) is 2.09. The van der Waals surface area contributed by atoms with Gasteiger partial charge in [0.2, 0.25) is 5.91 Å². The average molecular weight is 344 g/mol. The summed E-state index contributed by atoms with van der Waals surface area (Å²) in [5, 5.41) is 7.55. The lowest BCUT2D eigenvalue weighted by Crippen LogP contribution is -2.44. The molecule has 1 aliphatic rings. The number of benzene rings is 1. The molecule has 0 atom stereocenters. The zero-order chi connectivity index (χ0) is 15.8. The van der Waals surface area contributed by atoms with E-state index in [2.05, 4.69) is 15.5 Å². The molecule has 4 nitrogen and oxygen atoms in total. The molecule has 1 saturated heterocycles. The first-order valence-electron chi connectivity index (χ1n) is 7.79. The molecule has 2 rings (SSSR count). The summed E-state index contributed by atoms with van der Waals surface area (Å²) in [6, 6.07) is 5.39. The number of hydrogen-bond donors (Lipinski definition) is 2. The maximum Gasteiger partial charge on any atom is 0.220 e. The molecule has 1 aromatic carbocycles. The lowest BCUT2D eigenvalue weighted by atomic mass is 10.1. The third kappa shape index (κ3) is 6.13. The number of aryl methyl sites for hydroxylation is 1. The van der Waals surface area contributed by atoms with E-state index in [1.807, 2.05) is 6.07 Å². The van der Waals surface area contributed by atoms with Crippen molar-refractivity contribution in [3.05, 3.63) is 33.8 Å². The summed E-state index contributed by atoms with van der Waals surface area (Å²) in [5.74, 6) is 0.0753. The molecule has 1 heterocycles. The van der Waals surface area contributed by atoms with Crippen molar-refractivity contribution in [1.29, 1.82) is 0 Å². The Balaban J connectivity index is 1.59. The molecule has 6 heteroatoms. The molecule has 0 radical (unpaired) electrons. The first-order valence-corrected chi connectivity index (χ1v) is 8.54. The summed E-state index contributed by atoms with van der Waals surface area (Å²) in [5.41, 5.74) is 0.960. The van der Waals surface area contributed by atoms with Crippen LogP contribution >= 0.6 is 23.2 Å². The van der Waals surface area contributed by atoms with Crippen LogP contribution in [-0.2, 0) is 11.2 Å². The van der Waals surface area contributed by atoms with Crippen LogP contribution in [0.4, 0.5) is 0 Å². The molecule has 0 unspecified atom stereocenters. The number of carbonyl (C=O) groups is 1. The first-order chi connectivity index (χ1) is 10.6. The molecular weight excluding hydrogens is 321 g/mol. The van der Waals surface area contributed by atoms with Gasteiger partial charge in [0.25, 0.3) is 0 Å². The lowest BCUT2D eigenvalue weighted by Gasteiger charge is -2.27. The quantitative estimate of drug-likeness (QED) is 0.747. The molecule has 1 amide bonds. The fourth-order valence-electron chi connectivity index (χ4n) is 2.53. The molecule has 122 valence electrons. The predicted octanol–water partition coefficient (Wildman–Crippen LogP) is 2.34. The monoisotopic (exact) mass is 343 g/mol. The number of nitrogens with zero attached hydrogens (tertiary/aromatic N) is 1. The number of rotatable bonds is 7. The Hall–Kier alpha value is -0.810. The minimum Gasteiger partial charge on any atom is -0.356 e. The summed E-state index contributed by atoms with van der Waals surface area (Å²) in [7, 11) is 0. The van der Waals surface area contributed by atoms with Crippen LogP contribution in [0.25, 0.3) is 0 Å². The van der Waals surface area contributed by atoms with Crippen LogP contribution < -0.4 is 10.6 Å². The number of nitrogens with one attached hydrogen (secondary N) is 2. The van der Waals surface area contributed by atoms with E-state index in [-0.39, 0.29) is 5.91 Å². The van der Waals surface area contributed by atoms with Gasteiger partial charge < -0.3 is 15.5 Å². The van der Waals surface area contributed by atoms with Crippen molar-refractivity contribution in [1.82, 2.24) is 15.5 Å². The molecule has 2 N–H and O–H groups in total. The van der Waals surface area contributed by atoms with Crippen LogP contribution in [0.3, 0.4) is 0 Å². The second-order valence-electron chi connectivity index (χ2n) is 5.53.